The van der Waals surface area contributed by atoms with E-state index in [1.54, 1.807) is 31.1 Å². The normalized spacial score (nSPS) is 18.3. The van der Waals surface area contributed by atoms with Crippen molar-refractivity contribution in [3.05, 3.63) is 12.1 Å². The number of hydrogen-bond donors (Lipinski definition) is 1. The van der Waals surface area contributed by atoms with Gasteiger partial charge in [-0.3, -0.25) is 14.5 Å². The highest BCUT2D eigenvalue weighted by Crippen LogP contribution is 2.42. The summed E-state index contributed by atoms with van der Waals surface area (Å²) in [4.78, 5) is 26.0. The monoisotopic (exact) mass is 306 g/mol. The highest BCUT2D eigenvalue weighted by molar-refractivity contribution is 6.09. The number of ether oxygens (including phenoxy) is 2. The second-order valence-electron chi connectivity index (χ2n) is 5.32. The predicted molar refractivity (Wildman–Crippen MR) is 84.9 cm³/mol. The minimum absolute atomic E-state index is 0.0640. The Morgan fingerprint density at radius 1 is 1.32 bits per heavy atom. The van der Waals surface area contributed by atoms with Crippen LogP contribution in [0, 0.1) is 0 Å². The van der Waals surface area contributed by atoms with Crippen LogP contribution < -0.4 is 19.7 Å². The van der Waals surface area contributed by atoms with Crippen LogP contribution in [-0.2, 0) is 9.59 Å². The first-order valence-electron chi connectivity index (χ1n) is 7.30. The predicted octanol–water partition coefficient (Wildman–Crippen LogP) is 2.22. The van der Waals surface area contributed by atoms with Gasteiger partial charge >= 0.3 is 0 Å². The number of nitrogens with one attached hydrogen (secondary N) is 1. The third-order valence-electron chi connectivity index (χ3n) is 4.01. The van der Waals surface area contributed by atoms with Crippen molar-refractivity contribution in [1.82, 2.24) is 0 Å². The van der Waals surface area contributed by atoms with E-state index in [0.717, 1.165) is 5.69 Å². The lowest BCUT2D eigenvalue weighted by atomic mass is 10.0. The summed E-state index contributed by atoms with van der Waals surface area (Å²) in [5.74, 6) is 0.927. The van der Waals surface area contributed by atoms with Crippen LogP contribution in [0.3, 0.4) is 0 Å². The van der Waals surface area contributed by atoms with Crippen LogP contribution in [0.2, 0.25) is 0 Å². The molecule has 1 heterocycles. The lowest BCUT2D eigenvalue weighted by Crippen LogP contribution is -2.52. The number of Topliss-reactive ketones (excluding diaryl/α,β-unsaturated/α-hetero) is 1. The second kappa shape index (κ2) is 6.25. The minimum atomic E-state index is -0.527. The van der Waals surface area contributed by atoms with Crippen molar-refractivity contribution in [3.8, 4) is 11.5 Å². The average Bonchev–Trinajstić information content (AvgIpc) is 2.52. The molecule has 1 aliphatic rings. The summed E-state index contributed by atoms with van der Waals surface area (Å²) in [6.45, 7) is 5.15. The van der Waals surface area contributed by atoms with E-state index in [0.29, 0.717) is 23.6 Å². The molecule has 0 saturated heterocycles. The van der Waals surface area contributed by atoms with Crippen LogP contribution in [0.1, 0.15) is 27.2 Å². The Kier molecular flexibility index (Phi) is 4.59. The van der Waals surface area contributed by atoms with E-state index >= 15 is 0 Å². The topological polar surface area (TPSA) is 67.9 Å². The first kappa shape index (κ1) is 16.1. The maximum absolute atomic E-state index is 12.7. The van der Waals surface area contributed by atoms with Gasteiger partial charge in [0.05, 0.1) is 31.6 Å². The first-order valence-corrected chi connectivity index (χ1v) is 7.30. The molecular formula is C16H22N2O4. The van der Waals surface area contributed by atoms with Crippen molar-refractivity contribution >= 4 is 23.1 Å². The number of carbonyl (C=O) groups is 2. The molecule has 0 radical (unpaired) electrons. The fourth-order valence-electron chi connectivity index (χ4n) is 2.58. The van der Waals surface area contributed by atoms with Crippen molar-refractivity contribution in [1.29, 1.82) is 0 Å². The highest BCUT2D eigenvalue weighted by atomic mass is 16.5. The van der Waals surface area contributed by atoms with Gasteiger partial charge in [0, 0.05) is 12.1 Å². The number of methoxy groups -OCH3 is 2. The summed E-state index contributed by atoms with van der Waals surface area (Å²) >= 11 is 0. The van der Waals surface area contributed by atoms with Crippen LogP contribution in [0.5, 0.6) is 11.5 Å². The summed E-state index contributed by atoms with van der Waals surface area (Å²) in [7, 11) is 3.10. The third-order valence-corrected chi connectivity index (χ3v) is 4.01. The molecule has 0 spiro atoms. The Morgan fingerprint density at radius 3 is 2.41 bits per heavy atom. The van der Waals surface area contributed by atoms with Gasteiger partial charge in [-0.25, -0.2) is 0 Å². The SMILES string of the molecule is CCC1Nc2cc(OC)c(OC)cc2N(C(C)C(C)=O)C1=O. The van der Waals surface area contributed by atoms with Crippen LogP contribution in [0.4, 0.5) is 11.4 Å². The Labute approximate surface area is 130 Å². The van der Waals surface area contributed by atoms with Crippen LogP contribution >= 0.6 is 0 Å². The molecule has 2 atom stereocenters. The smallest absolute Gasteiger partial charge is 0.250 e. The molecule has 22 heavy (non-hydrogen) atoms. The van der Waals surface area contributed by atoms with Crippen molar-refractivity contribution in [3.63, 3.8) is 0 Å². The van der Waals surface area contributed by atoms with Gasteiger partial charge in [0.15, 0.2) is 17.3 Å². The molecule has 0 aliphatic carbocycles. The van der Waals surface area contributed by atoms with Crippen LogP contribution in [0.25, 0.3) is 0 Å². The van der Waals surface area contributed by atoms with Crippen molar-refractivity contribution < 1.29 is 19.1 Å². The zero-order valence-corrected chi connectivity index (χ0v) is 13.6. The lowest BCUT2D eigenvalue weighted by Gasteiger charge is -2.38. The molecule has 1 aliphatic heterocycles. The maximum atomic E-state index is 12.7. The Morgan fingerprint density at radius 2 is 1.91 bits per heavy atom. The van der Waals surface area contributed by atoms with Gasteiger partial charge in [0.2, 0.25) is 5.91 Å². The van der Waals surface area contributed by atoms with E-state index in [2.05, 4.69) is 5.32 Å². The minimum Gasteiger partial charge on any atom is -0.493 e. The van der Waals surface area contributed by atoms with Gasteiger partial charge in [-0.2, -0.15) is 0 Å². The molecule has 1 N–H and O–H groups in total. The first-order chi connectivity index (χ1) is 10.4. The number of rotatable bonds is 5. The summed E-state index contributed by atoms with van der Waals surface area (Å²) in [5.41, 5.74) is 1.40. The molecule has 6 heteroatoms. The maximum Gasteiger partial charge on any atom is 0.250 e. The summed E-state index contributed by atoms with van der Waals surface area (Å²) in [6, 6.07) is 2.64. The van der Waals surface area contributed by atoms with Gasteiger partial charge in [-0.05, 0) is 20.3 Å². The third kappa shape index (κ3) is 2.61. The number of fused-ring (bicyclic) bond motifs is 1. The number of ketones is 1. The van der Waals surface area contributed by atoms with E-state index in [-0.39, 0.29) is 17.7 Å². The Hall–Kier alpha value is -2.24. The average molecular weight is 306 g/mol. The zero-order valence-electron chi connectivity index (χ0n) is 13.6. The molecule has 2 unspecified atom stereocenters. The number of benzene rings is 1. The number of anilines is 2. The van der Waals surface area contributed by atoms with Crippen molar-refractivity contribution in [2.24, 2.45) is 0 Å². The molecule has 120 valence electrons. The largest absolute Gasteiger partial charge is 0.493 e. The van der Waals surface area contributed by atoms with E-state index in [4.69, 9.17) is 9.47 Å². The molecule has 1 amide bonds. The summed E-state index contributed by atoms with van der Waals surface area (Å²) < 4.78 is 10.6. The van der Waals surface area contributed by atoms with Crippen LogP contribution in [0.15, 0.2) is 12.1 Å². The lowest BCUT2D eigenvalue weighted by molar-refractivity contribution is -0.124. The standard InChI is InChI=1S/C16H22N2O4/c1-6-11-16(20)18(9(2)10(3)19)13-8-15(22-5)14(21-4)7-12(13)17-11/h7-9,11,17H,6H2,1-5H3. The fourth-order valence-corrected chi connectivity index (χ4v) is 2.58. The summed E-state index contributed by atoms with van der Waals surface area (Å²) in [6.07, 6.45) is 0.633. The van der Waals surface area contributed by atoms with Gasteiger partial charge in [0.25, 0.3) is 0 Å². The molecule has 0 bridgehead atoms. The number of amides is 1. The molecule has 1 aromatic carbocycles. The van der Waals surface area contributed by atoms with Gasteiger partial charge < -0.3 is 14.8 Å². The molecule has 1 aromatic rings. The van der Waals surface area contributed by atoms with E-state index in [1.165, 1.54) is 14.0 Å². The van der Waals surface area contributed by atoms with Gasteiger partial charge in [-0.1, -0.05) is 6.92 Å². The quantitative estimate of drug-likeness (QED) is 0.903. The zero-order chi connectivity index (χ0) is 16.4. The molecule has 0 fully saturated rings. The number of carbonyl (C=O) groups excluding carboxylic acids is 2. The second-order valence-corrected chi connectivity index (χ2v) is 5.32. The molecule has 6 nitrogen and oxygen atoms in total. The van der Waals surface area contributed by atoms with E-state index in [9.17, 15) is 9.59 Å². The van der Waals surface area contributed by atoms with E-state index < -0.39 is 6.04 Å². The highest BCUT2D eigenvalue weighted by Gasteiger charge is 2.36. The molecular weight excluding hydrogens is 284 g/mol. The van der Waals surface area contributed by atoms with Crippen molar-refractivity contribution in [2.75, 3.05) is 24.4 Å². The number of nitrogens with zero attached hydrogens (tertiary/aromatic N) is 1. The summed E-state index contributed by atoms with van der Waals surface area (Å²) in [5, 5.41) is 3.21. The Balaban J connectivity index is 2.60. The van der Waals surface area contributed by atoms with Gasteiger partial charge in [0.1, 0.15) is 6.04 Å². The number of hydrogen-bond acceptors (Lipinski definition) is 5. The van der Waals surface area contributed by atoms with Gasteiger partial charge in [-0.15, -0.1) is 0 Å². The molecule has 0 aromatic heterocycles. The molecule has 0 saturated carbocycles. The molecule has 2 rings (SSSR count). The fraction of sp³-hybridized carbons (Fsp3) is 0.500. The van der Waals surface area contributed by atoms with Crippen LogP contribution in [-0.4, -0.2) is 38.0 Å². The van der Waals surface area contributed by atoms with E-state index in [1.807, 2.05) is 6.92 Å². The van der Waals surface area contributed by atoms with Crippen molar-refractivity contribution in [2.45, 2.75) is 39.3 Å². The Bertz CT molecular complexity index is 600.